The fraction of sp³-hybridized carbons (Fsp3) is 0.615. The summed E-state index contributed by atoms with van der Waals surface area (Å²) in [4.78, 5) is 29.8. The van der Waals surface area contributed by atoms with Crippen molar-refractivity contribution < 1.29 is 4.79 Å². The molecular weight excluding hydrogens is 262 g/mol. The van der Waals surface area contributed by atoms with Crippen LogP contribution in [0.25, 0.3) is 0 Å². The maximum absolute atomic E-state index is 11.9. The quantitative estimate of drug-likeness (QED) is 0.583. The van der Waals surface area contributed by atoms with Crippen molar-refractivity contribution >= 4 is 17.7 Å². The van der Waals surface area contributed by atoms with Gasteiger partial charge < -0.3 is 4.90 Å². The molecule has 1 heterocycles. The van der Waals surface area contributed by atoms with E-state index in [1.165, 1.54) is 22.4 Å². The average molecular weight is 283 g/mol. The summed E-state index contributed by atoms with van der Waals surface area (Å²) < 4.78 is 1.49. The van der Waals surface area contributed by atoms with Crippen molar-refractivity contribution in [2.24, 2.45) is 7.05 Å². The predicted octanol–water partition coefficient (Wildman–Crippen LogP) is 1.30. The normalized spacial score (nSPS) is 10.5. The molecule has 0 spiro atoms. The van der Waals surface area contributed by atoms with E-state index in [9.17, 15) is 9.59 Å². The Morgan fingerprint density at radius 2 is 2.00 bits per heavy atom. The summed E-state index contributed by atoms with van der Waals surface area (Å²) in [6, 6.07) is 1.54. The van der Waals surface area contributed by atoms with Gasteiger partial charge in [-0.3, -0.25) is 14.2 Å². The molecule has 0 aromatic carbocycles. The number of aryl methyl sites for hydroxylation is 1. The number of hydrogen-bond acceptors (Lipinski definition) is 4. The molecule has 1 rings (SSSR count). The van der Waals surface area contributed by atoms with E-state index in [1.807, 2.05) is 20.8 Å². The number of amides is 1. The van der Waals surface area contributed by atoms with E-state index < -0.39 is 0 Å². The maximum atomic E-state index is 11.9. The zero-order valence-corrected chi connectivity index (χ0v) is 12.8. The summed E-state index contributed by atoms with van der Waals surface area (Å²) in [5, 5.41) is 0.602. The van der Waals surface area contributed by atoms with Crippen LogP contribution in [0.15, 0.2) is 16.0 Å². The van der Waals surface area contributed by atoms with Gasteiger partial charge in [0, 0.05) is 31.9 Å². The first-order valence-corrected chi connectivity index (χ1v) is 7.49. The summed E-state index contributed by atoms with van der Waals surface area (Å²) in [5.74, 6) is 0.390. The highest BCUT2D eigenvalue weighted by Crippen LogP contribution is 2.14. The Kier molecular flexibility index (Phi) is 6.08. The minimum Gasteiger partial charge on any atom is -0.343 e. The number of aromatic nitrogens is 2. The standard InChI is InChI=1S/C13H21N3O2S/c1-5-10-8-11(17)15(4)13(14-10)19-9-12(18)16(6-2)7-3/h8H,5-7,9H2,1-4H3. The van der Waals surface area contributed by atoms with Crippen LogP contribution in [0.5, 0.6) is 0 Å². The van der Waals surface area contributed by atoms with E-state index in [0.717, 1.165) is 5.69 Å². The van der Waals surface area contributed by atoms with E-state index in [-0.39, 0.29) is 11.5 Å². The minimum absolute atomic E-state index is 0.0751. The molecule has 0 fully saturated rings. The highest BCUT2D eigenvalue weighted by atomic mass is 32.2. The summed E-state index contributed by atoms with van der Waals surface area (Å²) in [6.45, 7) is 7.28. The van der Waals surface area contributed by atoms with Crippen LogP contribution < -0.4 is 5.56 Å². The van der Waals surface area contributed by atoms with Crippen molar-refractivity contribution in [1.29, 1.82) is 0 Å². The molecule has 0 saturated heterocycles. The van der Waals surface area contributed by atoms with Crippen LogP contribution in [0.4, 0.5) is 0 Å². The van der Waals surface area contributed by atoms with Crippen LogP contribution in [-0.4, -0.2) is 39.2 Å². The lowest BCUT2D eigenvalue weighted by atomic mass is 10.3. The number of nitrogens with zero attached hydrogens (tertiary/aromatic N) is 3. The van der Waals surface area contributed by atoms with Crippen molar-refractivity contribution in [3.8, 4) is 0 Å². The molecule has 19 heavy (non-hydrogen) atoms. The van der Waals surface area contributed by atoms with Crippen LogP contribution in [0.3, 0.4) is 0 Å². The molecular formula is C13H21N3O2S. The Bertz CT molecular complexity index is 495. The number of rotatable bonds is 6. The number of carbonyl (C=O) groups is 1. The highest BCUT2D eigenvalue weighted by Gasteiger charge is 2.12. The van der Waals surface area contributed by atoms with Crippen LogP contribution in [0.1, 0.15) is 26.5 Å². The van der Waals surface area contributed by atoms with Crippen molar-refractivity contribution in [2.45, 2.75) is 32.3 Å². The fourth-order valence-corrected chi connectivity index (χ4v) is 2.57. The molecule has 0 saturated carbocycles. The van der Waals surface area contributed by atoms with Crippen LogP contribution in [0, 0.1) is 0 Å². The molecule has 0 aliphatic rings. The molecule has 5 nitrogen and oxygen atoms in total. The van der Waals surface area contributed by atoms with Gasteiger partial charge in [0.2, 0.25) is 5.91 Å². The van der Waals surface area contributed by atoms with Crippen LogP contribution in [-0.2, 0) is 18.3 Å². The average Bonchev–Trinajstić information content (AvgIpc) is 2.41. The Morgan fingerprint density at radius 3 is 2.53 bits per heavy atom. The molecule has 0 bridgehead atoms. The molecule has 0 N–H and O–H groups in total. The molecule has 1 amide bonds. The van der Waals surface area contributed by atoms with Crippen molar-refractivity contribution in [1.82, 2.24) is 14.5 Å². The zero-order valence-electron chi connectivity index (χ0n) is 12.0. The molecule has 1 aromatic rings. The van der Waals surface area contributed by atoms with E-state index in [2.05, 4.69) is 4.98 Å². The third-order valence-corrected chi connectivity index (χ3v) is 3.96. The molecule has 0 atom stereocenters. The number of carbonyl (C=O) groups excluding carboxylic acids is 1. The third-order valence-electron chi connectivity index (χ3n) is 2.95. The van der Waals surface area contributed by atoms with Gasteiger partial charge in [-0.05, 0) is 20.3 Å². The second kappa shape index (κ2) is 7.33. The van der Waals surface area contributed by atoms with Gasteiger partial charge in [-0.15, -0.1) is 0 Å². The van der Waals surface area contributed by atoms with Gasteiger partial charge in [-0.2, -0.15) is 0 Å². The smallest absolute Gasteiger partial charge is 0.254 e. The van der Waals surface area contributed by atoms with Crippen LogP contribution >= 0.6 is 11.8 Å². The van der Waals surface area contributed by atoms with Crippen LogP contribution in [0.2, 0.25) is 0 Å². The van der Waals surface area contributed by atoms with E-state index in [4.69, 9.17) is 0 Å². The van der Waals surface area contributed by atoms with E-state index in [0.29, 0.717) is 30.4 Å². The van der Waals surface area contributed by atoms with E-state index >= 15 is 0 Å². The molecule has 6 heteroatoms. The first-order chi connectivity index (χ1) is 9.03. The molecule has 0 unspecified atom stereocenters. The first kappa shape index (κ1) is 15.8. The molecule has 106 valence electrons. The summed E-state index contributed by atoms with van der Waals surface area (Å²) >= 11 is 1.32. The highest BCUT2D eigenvalue weighted by molar-refractivity contribution is 7.99. The summed E-state index contributed by atoms with van der Waals surface area (Å²) in [6.07, 6.45) is 0.716. The zero-order chi connectivity index (χ0) is 14.4. The SMILES string of the molecule is CCc1cc(=O)n(C)c(SCC(=O)N(CC)CC)n1. The first-order valence-electron chi connectivity index (χ1n) is 6.50. The molecule has 1 aromatic heterocycles. The summed E-state index contributed by atoms with van der Waals surface area (Å²) in [5.41, 5.74) is 0.686. The maximum Gasteiger partial charge on any atom is 0.254 e. The van der Waals surface area contributed by atoms with Crippen molar-refractivity contribution in [3.05, 3.63) is 22.1 Å². The molecule has 0 aliphatic heterocycles. The second-order valence-electron chi connectivity index (χ2n) is 4.14. The van der Waals surface area contributed by atoms with Gasteiger partial charge in [0.25, 0.3) is 5.56 Å². The lowest BCUT2D eigenvalue weighted by Gasteiger charge is -2.18. The Hall–Kier alpha value is -1.30. The van der Waals surface area contributed by atoms with Gasteiger partial charge in [-0.1, -0.05) is 18.7 Å². The minimum atomic E-state index is -0.0790. The van der Waals surface area contributed by atoms with Gasteiger partial charge >= 0.3 is 0 Å². The topological polar surface area (TPSA) is 55.2 Å². The lowest BCUT2D eigenvalue weighted by molar-refractivity contribution is -0.127. The molecule has 0 aliphatic carbocycles. The van der Waals surface area contributed by atoms with Gasteiger partial charge in [-0.25, -0.2) is 4.98 Å². The van der Waals surface area contributed by atoms with Gasteiger partial charge in [0.05, 0.1) is 5.75 Å². The Labute approximate surface area is 118 Å². The number of hydrogen-bond donors (Lipinski definition) is 0. The van der Waals surface area contributed by atoms with Crippen molar-refractivity contribution in [3.63, 3.8) is 0 Å². The largest absolute Gasteiger partial charge is 0.343 e. The van der Waals surface area contributed by atoms with Crippen molar-refractivity contribution in [2.75, 3.05) is 18.8 Å². The monoisotopic (exact) mass is 283 g/mol. The molecule has 0 radical (unpaired) electrons. The van der Waals surface area contributed by atoms with Gasteiger partial charge in [0.1, 0.15) is 0 Å². The summed E-state index contributed by atoms with van der Waals surface area (Å²) in [7, 11) is 1.68. The lowest BCUT2D eigenvalue weighted by Crippen LogP contribution is -2.32. The Balaban J connectivity index is 2.80. The van der Waals surface area contributed by atoms with Gasteiger partial charge in [0.15, 0.2) is 5.16 Å². The van der Waals surface area contributed by atoms with E-state index in [1.54, 1.807) is 11.9 Å². The predicted molar refractivity (Wildman–Crippen MR) is 77.5 cm³/mol. The fourth-order valence-electron chi connectivity index (χ4n) is 1.67. The third kappa shape index (κ3) is 4.09. The number of thioether (sulfide) groups is 1. The Morgan fingerprint density at radius 1 is 1.37 bits per heavy atom. The second-order valence-corrected chi connectivity index (χ2v) is 5.08.